The van der Waals surface area contributed by atoms with E-state index in [1.165, 1.54) is 18.2 Å². The molecule has 1 unspecified atom stereocenters. The van der Waals surface area contributed by atoms with Crippen molar-refractivity contribution in [2.24, 2.45) is 11.7 Å². The lowest BCUT2D eigenvalue weighted by atomic mass is 10.1. The van der Waals surface area contributed by atoms with Crippen molar-refractivity contribution in [2.75, 3.05) is 6.54 Å². The Hall–Kier alpha value is -1.64. The second-order valence-electron chi connectivity index (χ2n) is 6.76. The number of fused-ring (bicyclic) bond motifs is 1. The van der Waals surface area contributed by atoms with Gasteiger partial charge in [-0.15, -0.1) is 12.4 Å². The molecule has 3 aliphatic rings. The second-order valence-corrected chi connectivity index (χ2v) is 8.54. The van der Waals surface area contributed by atoms with Gasteiger partial charge in [0.2, 0.25) is 0 Å². The van der Waals surface area contributed by atoms with E-state index in [0.29, 0.717) is 25.3 Å². The molecule has 1 heterocycles. The number of rotatable bonds is 5. The van der Waals surface area contributed by atoms with Crippen LogP contribution in [0.5, 0.6) is 0 Å². The fourth-order valence-electron chi connectivity index (χ4n) is 3.06. The standard InChI is InChI=1S/C16H19N3O4S.ClH/c17-13(9-1-2-9)8-18-15(20)10-3-6-12-14(7-10)24(22,23)19(16(12)21)11-4-5-11;/h3,6-7,9,11,13H,1-2,4-5,8,17H2,(H,18,20);1H. The zero-order valence-corrected chi connectivity index (χ0v) is 15.1. The van der Waals surface area contributed by atoms with Gasteiger partial charge < -0.3 is 11.1 Å². The topological polar surface area (TPSA) is 110 Å². The molecule has 7 nitrogen and oxygen atoms in total. The number of sulfonamides is 1. The highest BCUT2D eigenvalue weighted by molar-refractivity contribution is 7.90. The lowest BCUT2D eigenvalue weighted by Crippen LogP contribution is -2.38. The summed E-state index contributed by atoms with van der Waals surface area (Å²) >= 11 is 0. The van der Waals surface area contributed by atoms with Crippen molar-refractivity contribution in [2.45, 2.75) is 42.7 Å². The summed E-state index contributed by atoms with van der Waals surface area (Å²) < 4.78 is 26.1. The molecule has 4 rings (SSSR count). The molecule has 2 fully saturated rings. The first-order valence-electron chi connectivity index (χ1n) is 8.16. The lowest BCUT2D eigenvalue weighted by molar-refractivity contribution is 0.0863. The highest BCUT2D eigenvalue weighted by Gasteiger charge is 2.48. The molecule has 0 radical (unpaired) electrons. The van der Waals surface area contributed by atoms with Crippen molar-refractivity contribution in [1.29, 1.82) is 0 Å². The summed E-state index contributed by atoms with van der Waals surface area (Å²) in [6.07, 6.45) is 3.58. The quantitative estimate of drug-likeness (QED) is 0.781. The number of hydrogen-bond acceptors (Lipinski definition) is 5. The molecule has 3 N–H and O–H groups in total. The number of nitrogens with zero attached hydrogens (tertiary/aromatic N) is 1. The van der Waals surface area contributed by atoms with Crippen molar-refractivity contribution in [3.05, 3.63) is 29.3 Å². The zero-order valence-electron chi connectivity index (χ0n) is 13.5. The third-order valence-electron chi connectivity index (χ3n) is 4.82. The van der Waals surface area contributed by atoms with Crippen LogP contribution in [0.1, 0.15) is 46.4 Å². The highest BCUT2D eigenvalue weighted by atomic mass is 35.5. The molecule has 25 heavy (non-hydrogen) atoms. The molecular weight excluding hydrogens is 366 g/mol. The van der Waals surface area contributed by atoms with E-state index in [-0.39, 0.29) is 46.4 Å². The second kappa shape index (κ2) is 6.26. The van der Waals surface area contributed by atoms with E-state index in [9.17, 15) is 18.0 Å². The Bertz CT molecular complexity index is 834. The molecule has 2 amide bonds. The smallest absolute Gasteiger partial charge is 0.269 e. The summed E-state index contributed by atoms with van der Waals surface area (Å²) in [6.45, 7) is 0.362. The monoisotopic (exact) mass is 385 g/mol. The minimum Gasteiger partial charge on any atom is -0.350 e. The molecule has 1 atom stereocenters. The Morgan fingerprint density at radius 1 is 1.28 bits per heavy atom. The number of carbonyl (C=O) groups is 2. The van der Waals surface area contributed by atoms with Crippen LogP contribution in [-0.4, -0.2) is 43.2 Å². The maximum absolute atomic E-state index is 12.6. The van der Waals surface area contributed by atoms with E-state index in [1.54, 1.807) is 0 Å². The summed E-state index contributed by atoms with van der Waals surface area (Å²) in [5.74, 6) is -0.396. The van der Waals surface area contributed by atoms with Crippen LogP contribution < -0.4 is 11.1 Å². The summed E-state index contributed by atoms with van der Waals surface area (Å²) in [5.41, 5.74) is 6.33. The fraction of sp³-hybridized carbons (Fsp3) is 0.500. The molecule has 0 bridgehead atoms. The van der Waals surface area contributed by atoms with Crippen LogP contribution in [0.15, 0.2) is 23.1 Å². The molecule has 9 heteroatoms. The molecule has 1 aromatic rings. The molecule has 0 spiro atoms. The SMILES string of the molecule is Cl.NC(CNC(=O)c1ccc2c(c1)S(=O)(=O)N(C1CC1)C2=O)C1CC1. The van der Waals surface area contributed by atoms with E-state index >= 15 is 0 Å². The van der Waals surface area contributed by atoms with E-state index in [0.717, 1.165) is 17.1 Å². The van der Waals surface area contributed by atoms with Crippen molar-refractivity contribution in [3.8, 4) is 0 Å². The fourth-order valence-corrected chi connectivity index (χ4v) is 4.90. The Morgan fingerprint density at radius 2 is 1.96 bits per heavy atom. The average molecular weight is 386 g/mol. The Balaban J connectivity index is 0.00000182. The molecular formula is C16H20ClN3O4S. The van der Waals surface area contributed by atoms with Crippen LogP contribution in [0, 0.1) is 5.92 Å². The maximum Gasteiger partial charge on any atom is 0.269 e. The van der Waals surface area contributed by atoms with Gasteiger partial charge in [-0.25, -0.2) is 12.7 Å². The number of halogens is 1. The van der Waals surface area contributed by atoms with Crippen molar-refractivity contribution in [3.63, 3.8) is 0 Å². The summed E-state index contributed by atoms with van der Waals surface area (Å²) in [4.78, 5) is 24.5. The Labute approximate surface area is 152 Å². The molecule has 136 valence electrons. The molecule has 1 aliphatic heterocycles. The maximum atomic E-state index is 12.6. The molecule has 2 saturated carbocycles. The predicted molar refractivity (Wildman–Crippen MR) is 93.1 cm³/mol. The van der Waals surface area contributed by atoms with E-state index < -0.39 is 15.9 Å². The van der Waals surface area contributed by atoms with E-state index in [1.807, 2.05) is 0 Å². The Morgan fingerprint density at radius 3 is 2.56 bits per heavy atom. The van der Waals surface area contributed by atoms with Crippen LogP contribution >= 0.6 is 12.4 Å². The van der Waals surface area contributed by atoms with Crippen LogP contribution in [0.2, 0.25) is 0 Å². The number of benzene rings is 1. The predicted octanol–water partition coefficient (Wildman–Crippen LogP) is 0.882. The van der Waals surface area contributed by atoms with E-state index in [2.05, 4.69) is 5.32 Å². The lowest BCUT2D eigenvalue weighted by Gasteiger charge is -2.13. The largest absolute Gasteiger partial charge is 0.350 e. The highest BCUT2D eigenvalue weighted by Crippen LogP contribution is 2.39. The molecule has 0 aromatic heterocycles. The number of amides is 2. The Kier molecular flexibility index (Phi) is 4.55. The number of nitrogens with one attached hydrogen (secondary N) is 1. The third-order valence-corrected chi connectivity index (χ3v) is 6.69. The van der Waals surface area contributed by atoms with Crippen LogP contribution in [0.4, 0.5) is 0 Å². The number of hydrogen-bond donors (Lipinski definition) is 2. The van der Waals surface area contributed by atoms with Crippen LogP contribution in [-0.2, 0) is 10.0 Å². The van der Waals surface area contributed by atoms with Gasteiger partial charge in [0.25, 0.3) is 21.8 Å². The number of nitrogens with two attached hydrogens (primary N) is 1. The average Bonchev–Trinajstić information content (AvgIpc) is 3.44. The zero-order chi connectivity index (χ0) is 17.1. The van der Waals surface area contributed by atoms with Gasteiger partial charge in [-0.2, -0.15) is 0 Å². The molecule has 2 aliphatic carbocycles. The van der Waals surface area contributed by atoms with Crippen LogP contribution in [0.25, 0.3) is 0 Å². The first kappa shape index (κ1) is 18.2. The van der Waals surface area contributed by atoms with Gasteiger partial charge in [0.05, 0.1) is 5.56 Å². The minimum atomic E-state index is -3.84. The van der Waals surface area contributed by atoms with Gasteiger partial charge in [-0.1, -0.05) is 0 Å². The molecule has 1 aromatic carbocycles. The van der Waals surface area contributed by atoms with E-state index in [4.69, 9.17) is 5.73 Å². The van der Waals surface area contributed by atoms with Gasteiger partial charge in [0.15, 0.2) is 0 Å². The summed E-state index contributed by atoms with van der Waals surface area (Å²) in [6, 6.07) is 3.90. The van der Waals surface area contributed by atoms with Crippen LogP contribution in [0.3, 0.4) is 0 Å². The van der Waals surface area contributed by atoms with Gasteiger partial charge in [0.1, 0.15) is 4.90 Å². The van der Waals surface area contributed by atoms with Gasteiger partial charge in [-0.3, -0.25) is 9.59 Å². The normalized spacial score (nSPS) is 22.1. The summed E-state index contributed by atoms with van der Waals surface area (Å²) in [7, 11) is -3.84. The first-order valence-corrected chi connectivity index (χ1v) is 9.60. The van der Waals surface area contributed by atoms with Crippen molar-refractivity contribution in [1.82, 2.24) is 9.62 Å². The first-order chi connectivity index (χ1) is 11.4. The number of carbonyl (C=O) groups excluding carboxylic acids is 2. The molecule has 0 saturated heterocycles. The third kappa shape index (κ3) is 3.14. The minimum absolute atomic E-state index is 0. The van der Waals surface area contributed by atoms with Gasteiger partial charge >= 0.3 is 0 Å². The van der Waals surface area contributed by atoms with Gasteiger partial charge in [-0.05, 0) is 49.8 Å². The van der Waals surface area contributed by atoms with Gasteiger partial charge in [0, 0.05) is 24.2 Å². The van der Waals surface area contributed by atoms with Crippen molar-refractivity contribution >= 4 is 34.2 Å². The van der Waals surface area contributed by atoms with Crippen molar-refractivity contribution < 1.29 is 18.0 Å². The summed E-state index contributed by atoms with van der Waals surface area (Å²) in [5, 5.41) is 2.74.